The van der Waals surface area contributed by atoms with Gasteiger partial charge >= 0.3 is 0 Å². The van der Waals surface area contributed by atoms with Gasteiger partial charge in [-0.15, -0.1) is 9.36 Å². The van der Waals surface area contributed by atoms with Crippen molar-refractivity contribution >= 4 is 22.6 Å². The van der Waals surface area contributed by atoms with Gasteiger partial charge in [-0.05, 0) is 48.6 Å². The molecule has 0 bridgehead atoms. The third kappa shape index (κ3) is 2.67. The van der Waals surface area contributed by atoms with Crippen LogP contribution in [0.15, 0.2) is 30.3 Å². The zero-order valence-electron chi connectivity index (χ0n) is 10.2. The predicted octanol–water partition coefficient (Wildman–Crippen LogP) is 0.0101. The highest BCUT2D eigenvalue weighted by atomic mass is 127. The van der Waals surface area contributed by atoms with Crippen LogP contribution in [0, 0.1) is 17.4 Å². The molecule has 0 aliphatic rings. The van der Waals surface area contributed by atoms with Crippen LogP contribution in [0.3, 0.4) is 0 Å². The second-order valence-corrected chi connectivity index (χ2v) is 4.93. The first-order valence-corrected chi connectivity index (χ1v) is 6.57. The molecule has 0 amide bonds. The lowest BCUT2D eigenvalue weighted by atomic mass is 10.3. The number of nitrogens with zero attached hydrogens (tertiary/aromatic N) is 2. The van der Waals surface area contributed by atoms with E-state index in [1.54, 1.807) is 0 Å². The topological polar surface area (TPSA) is 8.81 Å². The van der Waals surface area contributed by atoms with E-state index in [1.807, 2.05) is 0 Å². The predicted molar refractivity (Wildman–Crippen MR) is 73.8 cm³/mol. The summed E-state index contributed by atoms with van der Waals surface area (Å²) < 4.78 is 5.95. The molecule has 1 aromatic carbocycles. The molecule has 92 valence electrons. The molecule has 4 heteroatoms. The number of hydrogen-bond acceptors (Lipinski definition) is 0. The molecule has 0 saturated heterocycles. The third-order valence-corrected chi connectivity index (χ3v) is 4.44. The van der Waals surface area contributed by atoms with Crippen molar-refractivity contribution in [1.82, 2.24) is 4.68 Å². The molecule has 0 unspecified atom stereocenters. The Hall–Kier alpha value is -0.110. The maximum atomic E-state index is 2.42. The average molecular weight is 454 g/mol. The summed E-state index contributed by atoms with van der Waals surface area (Å²) in [6, 6.07) is 10.5. The Morgan fingerprint density at radius 2 is 1.76 bits per heavy atom. The molecule has 0 radical (unpaired) electrons. The number of halogens is 2. The number of aromatic nitrogens is 2. The molecule has 2 aromatic rings. The van der Waals surface area contributed by atoms with E-state index in [2.05, 4.69) is 83.1 Å². The van der Waals surface area contributed by atoms with Crippen LogP contribution in [0.25, 0.3) is 5.69 Å². The van der Waals surface area contributed by atoms with Crippen LogP contribution in [0.2, 0.25) is 0 Å². The summed E-state index contributed by atoms with van der Waals surface area (Å²) in [5, 5.41) is 0. The van der Waals surface area contributed by atoms with E-state index in [0.29, 0.717) is 0 Å². The quantitative estimate of drug-likeness (QED) is 0.447. The van der Waals surface area contributed by atoms with Gasteiger partial charge in [0.15, 0.2) is 6.54 Å². The maximum Gasteiger partial charge on any atom is 0.218 e. The molecular formula is C13H16I2N2. The standard InChI is InChI=1S/C13H16IN2.HI/c1-4-15-10(2)13(14)11(3)16(15)12-8-6-5-7-9-12;/h5-9H,4H2,1-3H3;1H/q+1;/p-1. The van der Waals surface area contributed by atoms with Crippen LogP contribution in [0.5, 0.6) is 0 Å². The zero-order chi connectivity index (χ0) is 11.7. The first-order chi connectivity index (χ1) is 7.66. The Morgan fingerprint density at radius 1 is 1.18 bits per heavy atom. The summed E-state index contributed by atoms with van der Waals surface area (Å²) >= 11 is 2.42. The third-order valence-electron chi connectivity index (χ3n) is 2.88. The van der Waals surface area contributed by atoms with Crippen molar-refractivity contribution in [2.45, 2.75) is 27.3 Å². The molecule has 0 fully saturated rings. The minimum atomic E-state index is 0. The van der Waals surface area contributed by atoms with Crippen LogP contribution in [-0.2, 0) is 6.54 Å². The van der Waals surface area contributed by atoms with Crippen LogP contribution >= 0.6 is 22.6 Å². The molecule has 1 heterocycles. The number of benzene rings is 1. The van der Waals surface area contributed by atoms with Crippen molar-refractivity contribution in [3.05, 3.63) is 45.3 Å². The summed E-state index contributed by atoms with van der Waals surface area (Å²) in [6.45, 7) is 7.53. The highest BCUT2D eigenvalue weighted by Gasteiger charge is 2.22. The minimum Gasteiger partial charge on any atom is -1.00 e. The molecule has 1 aromatic heterocycles. The van der Waals surface area contributed by atoms with Gasteiger partial charge in [-0.3, -0.25) is 0 Å². The Bertz CT molecular complexity index is 504. The van der Waals surface area contributed by atoms with Crippen molar-refractivity contribution in [2.75, 3.05) is 0 Å². The molecule has 2 nitrogen and oxygen atoms in total. The van der Waals surface area contributed by atoms with Gasteiger partial charge in [-0.25, -0.2) is 0 Å². The highest BCUT2D eigenvalue weighted by Crippen LogP contribution is 2.17. The Morgan fingerprint density at radius 3 is 2.29 bits per heavy atom. The van der Waals surface area contributed by atoms with Gasteiger partial charge in [0.2, 0.25) is 5.69 Å². The smallest absolute Gasteiger partial charge is 0.218 e. The van der Waals surface area contributed by atoms with Gasteiger partial charge < -0.3 is 24.0 Å². The summed E-state index contributed by atoms with van der Waals surface area (Å²) in [7, 11) is 0. The van der Waals surface area contributed by atoms with E-state index in [1.165, 1.54) is 20.6 Å². The summed E-state index contributed by atoms with van der Waals surface area (Å²) in [5.74, 6) is 0. The van der Waals surface area contributed by atoms with E-state index in [0.717, 1.165) is 6.54 Å². The lowest BCUT2D eigenvalue weighted by molar-refractivity contribution is -0.769. The Kier molecular flexibility index (Phi) is 5.43. The zero-order valence-corrected chi connectivity index (χ0v) is 14.6. The van der Waals surface area contributed by atoms with E-state index >= 15 is 0 Å². The van der Waals surface area contributed by atoms with E-state index in [-0.39, 0.29) is 24.0 Å². The van der Waals surface area contributed by atoms with Crippen LogP contribution in [-0.4, -0.2) is 4.68 Å². The van der Waals surface area contributed by atoms with Crippen molar-refractivity contribution in [3.63, 3.8) is 0 Å². The molecule has 0 N–H and O–H groups in total. The van der Waals surface area contributed by atoms with Crippen LogP contribution < -0.4 is 28.7 Å². The second kappa shape index (κ2) is 6.17. The van der Waals surface area contributed by atoms with Gasteiger partial charge in [0.05, 0.1) is 5.69 Å². The van der Waals surface area contributed by atoms with E-state index in [9.17, 15) is 0 Å². The first kappa shape index (κ1) is 14.9. The molecule has 17 heavy (non-hydrogen) atoms. The molecule has 0 spiro atoms. The molecule has 0 atom stereocenters. The fourth-order valence-corrected chi connectivity index (χ4v) is 2.59. The van der Waals surface area contributed by atoms with Crippen LogP contribution in [0.1, 0.15) is 18.3 Å². The van der Waals surface area contributed by atoms with E-state index in [4.69, 9.17) is 0 Å². The lowest BCUT2D eigenvalue weighted by Crippen LogP contribution is -3.00. The normalized spacial score (nSPS) is 10.1. The number of rotatable bonds is 2. The van der Waals surface area contributed by atoms with Gasteiger partial charge in [0.1, 0.15) is 9.26 Å². The fraction of sp³-hybridized carbons (Fsp3) is 0.308. The Labute approximate surface area is 133 Å². The average Bonchev–Trinajstić information content (AvgIpc) is 2.54. The van der Waals surface area contributed by atoms with Gasteiger partial charge in [-0.1, -0.05) is 18.2 Å². The Balaban J connectivity index is 0.00000144. The molecule has 0 saturated carbocycles. The fourth-order valence-electron chi connectivity index (χ4n) is 2.08. The molecule has 0 aliphatic heterocycles. The van der Waals surface area contributed by atoms with Gasteiger partial charge in [0.25, 0.3) is 0 Å². The first-order valence-electron chi connectivity index (χ1n) is 5.49. The van der Waals surface area contributed by atoms with E-state index < -0.39 is 0 Å². The lowest BCUT2D eigenvalue weighted by Gasteiger charge is -2.03. The summed E-state index contributed by atoms with van der Waals surface area (Å²) in [4.78, 5) is 0. The second-order valence-electron chi connectivity index (χ2n) is 3.85. The van der Waals surface area contributed by atoms with Gasteiger partial charge in [-0.2, -0.15) is 0 Å². The van der Waals surface area contributed by atoms with Crippen molar-refractivity contribution in [1.29, 1.82) is 0 Å². The summed E-state index contributed by atoms with van der Waals surface area (Å²) in [5.41, 5.74) is 3.88. The minimum absolute atomic E-state index is 0. The highest BCUT2D eigenvalue weighted by molar-refractivity contribution is 14.1. The molecule has 0 aliphatic carbocycles. The summed E-state index contributed by atoms with van der Waals surface area (Å²) in [6.07, 6.45) is 0. The molecule has 2 rings (SSSR count). The largest absolute Gasteiger partial charge is 1.00 e. The SMILES string of the molecule is CC[n+]1c(C)c(I)c(C)n1-c1ccccc1.[I-]. The monoisotopic (exact) mass is 454 g/mol. The van der Waals surface area contributed by atoms with Crippen molar-refractivity contribution in [3.8, 4) is 5.69 Å². The molecular weight excluding hydrogens is 438 g/mol. The van der Waals surface area contributed by atoms with Crippen LogP contribution in [0.4, 0.5) is 0 Å². The van der Waals surface area contributed by atoms with Crippen molar-refractivity contribution < 1.29 is 28.7 Å². The number of para-hydroxylation sites is 1. The number of hydrogen-bond donors (Lipinski definition) is 0. The van der Waals surface area contributed by atoms with Crippen molar-refractivity contribution in [2.24, 2.45) is 0 Å². The maximum absolute atomic E-state index is 2.42. The van der Waals surface area contributed by atoms with Gasteiger partial charge in [0, 0.05) is 6.92 Å².